The number of carbonyl (C=O) groups is 1. The molecule has 1 aromatic carbocycles. The number of hydrogen-bond donors (Lipinski definition) is 3. The monoisotopic (exact) mass is 223 g/mol. The van der Waals surface area contributed by atoms with Crippen LogP contribution in [-0.2, 0) is 0 Å². The van der Waals surface area contributed by atoms with Crippen LogP contribution in [0.15, 0.2) is 18.2 Å². The molecule has 0 spiro atoms. The van der Waals surface area contributed by atoms with Crippen LogP contribution in [0.2, 0.25) is 0 Å². The summed E-state index contributed by atoms with van der Waals surface area (Å²) in [6.45, 7) is 4.61. The number of carboxylic acid groups (broad SMARTS) is 1. The second kappa shape index (κ2) is 5.51. The van der Waals surface area contributed by atoms with E-state index in [0.29, 0.717) is 12.1 Å². The number of nitrogens with one attached hydrogen (secondary N) is 1. The largest absolute Gasteiger partial charge is 0.478 e. The van der Waals surface area contributed by atoms with Crippen LogP contribution in [0.1, 0.15) is 22.8 Å². The van der Waals surface area contributed by atoms with E-state index in [1.807, 2.05) is 13.8 Å². The van der Waals surface area contributed by atoms with Crippen molar-refractivity contribution in [2.24, 2.45) is 5.92 Å². The Morgan fingerprint density at radius 1 is 1.50 bits per heavy atom. The first-order valence-corrected chi connectivity index (χ1v) is 5.23. The first kappa shape index (κ1) is 12.5. The van der Waals surface area contributed by atoms with Crippen molar-refractivity contribution in [3.05, 3.63) is 29.3 Å². The summed E-state index contributed by atoms with van der Waals surface area (Å²) in [6, 6.07) is 4.96. The molecule has 0 fully saturated rings. The lowest BCUT2D eigenvalue weighted by molar-refractivity contribution is 0.0697. The van der Waals surface area contributed by atoms with E-state index in [1.165, 1.54) is 0 Å². The molecule has 0 aliphatic rings. The molecule has 0 saturated heterocycles. The first-order valence-electron chi connectivity index (χ1n) is 5.23. The Balaban J connectivity index is 2.72. The maximum atomic E-state index is 10.7. The lowest BCUT2D eigenvalue weighted by atomic mass is 10.1. The molecule has 1 rings (SSSR count). The maximum Gasteiger partial charge on any atom is 0.335 e. The Hall–Kier alpha value is -1.55. The summed E-state index contributed by atoms with van der Waals surface area (Å²) in [5.74, 6) is -0.739. The van der Waals surface area contributed by atoms with Crippen LogP contribution in [0.5, 0.6) is 0 Å². The van der Waals surface area contributed by atoms with Gasteiger partial charge in [0.15, 0.2) is 0 Å². The summed E-state index contributed by atoms with van der Waals surface area (Å²) in [6.07, 6.45) is 0. The third-order valence-electron chi connectivity index (χ3n) is 2.43. The molecule has 4 heteroatoms. The molecule has 3 N–H and O–H groups in total. The predicted octanol–water partition coefficient (Wildman–Crippen LogP) is 1.73. The van der Waals surface area contributed by atoms with Crippen LogP contribution in [0.25, 0.3) is 0 Å². The Labute approximate surface area is 94.9 Å². The highest BCUT2D eigenvalue weighted by molar-refractivity contribution is 5.88. The van der Waals surface area contributed by atoms with Gasteiger partial charge in [0.2, 0.25) is 0 Å². The van der Waals surface area contributed by atoms with Crippen molar-refractivity contribution in [2.75, 3.05) is 18.5 Å². The van der Waals surface area contributed by atoms with E-state index < -0.39 is 5.97 Å². The van der Waals surface area contributed by atoms with Crippen LogP contribution in [0, 0.1) is 12.8 Å². The zero-order valence-electron chi connectivity index (χ0n) is 9.53. The van der Waals surface area contributed by atoms with E-state index in [0.717, 1.165) is 11.3 Å². The van der Waals surface area contributed by atoms with Gasteiger partial charge in [0, 0.05) is 18.8 Å². The highest BCUT2D eigenvalue weighted by Crippen LogP contribution is 2.16. The average molecular weight is 223 g/mol. The third-order valence-corrected chi connectivity index (χ3v) is 2.43. The molecule has 0 bridgehead atoms. The zero-order chi connectivity index (χ0) is 12.1. The van der Waals surface area contributed by atoms with Gasteiger partial charge in [0.05, 0.1) is 5.56 Å². The highest BCUT2D eigenvalue weighted by Gasteiger charge is 2.06. The summed E-state index contributed by atoms with van der Waals surface area (Å²) in [7, 11) is 0. The topological polar surface area (TPSA) is 69.6 Å². The second-order valence-electron chi connectivity index (χ2n) is 4.00. The lowest BCUT2D eigenvalue weighted by Gasteiger charge is -2.13. The number of aliphatic hydroxyl groups excluding tert-OH is 1. The molecule has 0 aliphatic carbocycles. The SMILES string of the molecule is Cc1cc(C(=O)O)ccc1NCC(C)CO. The molecule has 4 nitrogen and oxygen atoms in total. The van der Waals surface area contributed by atoms with E-state index in [4.69, 9.17) is 10.2 Å². The van der Waals surface area contributed by atoms with Crippen LogP contribution < -0.4 is 5.32 Å². The molecular weight excluding hydrogens is 206 g/mol. The molecule has 1 aromatic rings. The summed E-state index contributed by atoms with van der Waals surface area (Å²) in [5.41, 5.74) is 2.09. The Morgan fingerprint density at radius 3 is 2.69 bits per heavy atom. The van der Waals surface area contributed by atoms with Crippen LogP contribution >= 0.6 is 0 Å². The number of anilines is 1. The normalized spacial score (nSPS) is 12.2. The van der Waals surface area contributed by atoms with Gasteiger partial charge in [-0.3, -0.25) is 0 Å². The molecule has 0 amide bonds. The number of benzene rings is 1. The molecule has 1 atom stereocenters. The first-order chi connectivity index (χ1) is 7.54. The molecule has 0 aromatic heterocycles. The molecule has 1 unspecified atom stereocenters. The van der Waals surface area contributed by atoms with Crippen molar-refractivity contribution in [1.82, 2.24) is 0 Å². The third kappa shape index (κ3) is 3.24. The highest BCUT2D eigenvalue weighted by atomic mass is 16.4. The van der Waals surface area contributed by atoms with Gasteiger partial charge in [-0.1, -0.05) is 6.92 Å². The Bertz CT molecular complexity index is 377. The summed E-state index contributed by atoms with van der Waals surface area (Å²) in [5, 5.41) is 20.9. The smallest absolute Gasteiger partial charge is 0.335 e. The summed E-state index contributed by atoms with van der Waals surface area (Å²) >= 11 is 0. The molecule has 16 heavy (non-hydrogen) atoms. The maximum absolute atomic E-state index is 10.7. The number of hydrogen-bond acceptors (Lipinski definition) is 3. The van der Waals surface area contributed by atoms with Gasteiger partial charge in [0.1, 0.15) is 0 Å². The Kier molecular flexibility index (Phi) is 4.31. The molecule has 0 saturated carbocycles. The van der Waals surface area contributed by atoms with Crippen LogP contribution in [0.3, 0.4) is 0 Å². The Morgan fingerprint density at radius 2 is 2.19 bits per heavy atom. The van der Waals surface area contributed by atoms with E-state index in [2.05, 4.69) is 5.32 Å². The fourth-order valence-electron chi connectivity index (χ4n) is 1.34. The minimum absolute atomic E-state index is 0.138. The standard InChI is InChI=1S/C12H17NO3/c1-8(7-14)6-13-11-4-3-10(12(15)16)5-9(11)2/h3-5,8,13-14H,6-7H2,1-2H3,(H,15,16). The van der Waals surface area contributed by atoms with Crippen molar-refractivity contribution in [3.8, 4) is 0 Å². The number of aliphatic hydroxyl groups is 1. The van der Waals surface area contributed by atoms with Gasteiger partial charge in [-0.05, 0) is 36.6 Å². The summed E-state index contributed by atoms with van der Waals surface area (Å²) < 4.78 is 0. The van der Waals surface area contributed by atoms with Crippen molar-refractivity contribution >= 4 is 11.7 Å². The van der Waals surface area contributed by atoms with Crippen molar-refractivity contribution < 1.29 is 15.0 Å². The molecular formula is C12H17NO3. The predicted molar refractivity (Wildman–Crippen MR) is 62.9 cm³/mol. The summed E-state index contributed by atoms with van der Waals surface area (Å²) in [4.78, 5) is 10.7. The van der Waals surface area contributed by atoms with Gasteiger partial charge in [0.25, 0.3) is 0 Å². The van der Waals surface area contributed by atoms with Gasteiger partial charge in [-0.2, -0.15) is 0 Å². The van der Waals surface area contributed by atoms with Crippen LogP contribution in [0.4, 0.5) is 5.69 Å². The van der Waals surface area contributed by atoms with Gasteiger partial charge in [-0.25, -0.2) is 4.79 Å². The van der Waals surface area contributed by atoms with Gasteiger partial charge in [-0.15, -0.1) is 0 Å². The van der Waals surface area contributed by atoms with Crippen molar-refractivity contribution in [2.45, 2.75) is 13.8 Å². The number of aromatic carboxylic acids is 1. The fraction of sp³-hybridized carbons (Fsp3) is 0.417. The minimum Gasteiger partial charge on any atom is -0.478 e. The van der Waals surface area contributed by atoms with E-state index in [-0.39, 0.29) is 12.5 Å². The van der Waals surface area contributed by atoms with E-state index in [1.54, 1.807) is 18.2 Å². The zero-order valence-corrected chi connectivity index (χ0v) is 9.53. The van der Waals surface area contributed by atoms with E-state index in [9.17, 15) is 4.79 Å². The molecule has 0 radical (unpaired) electrons. The van der Waals surface area contributed by atoms with Gasteiger partial charge < -0.3 is 15.5 Å². The molecule has 0 aliphatic heterocycles. The number of carboxylic acids is 1. The minimum atomic E-state index is -0.918. The molecule has 88 valence electrons. The van der Waals surface area contributed by atoms with Crippen LogP contribution in [-0.4, -0.2) is 29.3 Å². The van der Waals surface area contributed by atoms with Crippen molar-refractivity contribution in [1.29, 1.82) is 0 Å². The fourth-order valence-corrected chi connectivity index (χ4v) is 1.34. The van der Waals surface area contributed by atoms with Gasteiger partial charge >= 0.3 is 5.97 Å². The lowest BCUT2D eigenvalue weighted by Crippen LogP contribution is -2.15. The van der Waals surface area contributed by atoms with Crippen molar-refractivity contribution in [3.63, 3.8) is 0 Å². The molecule has 0 heterocycles. The number of aryl methyl sites for hydroxylation is 1. The van der Waals surface area contributed by atoms with E-state index >= 15 is 0 Å². The average Bonchev–Trinajstić information content (AvgIpc) is 2.26. The number of rotatable bonds is 5. The quantitative estimate of drug-likeness (QED) is 0.711. The second-order valence-corrected chi connectivity index (χ2v) is 4.00.